The molecular weight excluding hydrogens is 310 g/mol. The highest BCUT2D eigenvalue weighted by Crippen LogP contribution is 2.27. The topological polar surface area (TPSA) is 49.8 Å². The zero-order chi connectivity index (χ0) is 16.7. The third kappa shape index (κ3) is 4.44. The Morgan fingerprint density at radius 1 is 1.39 bits per heavy atom. The number of hydrogen-bond acceptors (Lipinski definition) is 5. The van der Waals surface area contributed by atoms with E-state index >= 15 is 0 Å². The number of ketones is 1. The van der Waals surface area contributed by atoms with E-state index < -0.39 is 5.54 Å². The van der Waals surface area contributed by atoms with E-state index in [1.165, 1.54) is 0 Å². The molecule has 0 radical (unpaired) electrons. The highest BCUT2D eigenvalue weighted by molar-refractivity contribution is 7.99. The van der Waals surface area contributed by atoms with E-state index in [1.54, 1.807) is 11.8 Å². The van der Waals surface area contributed by atoms with Gasteiger partial charge in [-0.05, 0) is 25.5 Å². The quantitative estimate of drug-likeness (QED) is 0.450. The fourth-order valence-electron chi connectivity index (χ4n) is 2.88. The summed E-state index contributed by atoms with van der Waals surface area (Å²) in [5, 5.41) is 8.88. The maximum absolute atomic E-state index is 13.1. The van der Waals surface area contributed by atoms with Gasteiger partial charge < -0.3 is 9.84 Å². The predicted molar refractivity (Wildman–Crippen MR) is 94.2 cm³/mol. The summed E-state index contributed by atoms with van der Waals surface area (Å²) in [5.74, 6) is 0.785. The van der Waals surface area contributed by atoms with E-state index in [1.807, 2.05) is 37.3 Å². The van der Waals surface area contributed by atoms with Crippen molar-refractivity contribution < 1.29 is 14.6 Å². The van der Waals surface area contributed by atoms with E-state index in [0.29, 0.717) is 31.0 Å². The van der Waals surface area contributed by atoms with Gasteiger partial charge in [0.1, 0.15) is 0 Å². The molecule has 1 heterocycles. The van der Waals surface area contributed by atoms with Crippen LogP contribution in [0.15, 0.2) is 41.8 Å². The van der Waals surface area contributed by atoms with Crippen LogP contribution in [0.1, 0.15) is 23.7 Å². The van der Waals surface area contributed by atoms with Crippen LogP contribution in [0.4, 0.5) is 0 Å². The molecule has 1 N–H and O–H groups in total. The number of ether oxygens (including phenoxy) is 1. The second kappa shape index (κ2) is 8.64. The van der Waals surface area contributed by atoms with Crippen LogP contribution < -0.4 is 0 Å². The largest absolute Gasteiger partial charge is 0.396 e. The number of thioether (sulfide) groups is 1. The minimum absolute atomic E-state index is 0.123. The molecule has 1 aromatic rings. The van der Waals surface area contributed by atoms with Gasteiger partial charge in [-0.3, -0.25) is 9.69 Å². The summed E-state index contributed by atoms with van der Waals surface area (Å²) in [7, 11) is 0. The average molecular weight is 335 g/mol. The lowest BCUT2D eigenvalue weighted by Crippen LogP contribution is -2.56. The molecule has 0 bridgehead atoms. The second-order valence-corrected chi connectivity index (χ2v) is 6.96. The molecular formula is C18H25NO3S. The first kappa shape index (κ1) is 18.2. The molecule has 1 saturated heterocycles. The van der Waals surface area contributed by atoms with Crippen molar-refractivity contribution in [2.24, 2.45) is 0 Å². The van der Waals surface area contributed by atoms with Gasteiger partial charge in [0, 0.05) is 29.3 Å². The van der Waals surface area contributed by atoms with Crippen molar-refractivity contribution in [3.05, 3.63) is 42.5 Å². The normalized spacial score (nSPS) is 18.3. The van der Waals surface area contributed by atoms with Gasteiger partial charge in [0.05, 0.1) is 25.4 Å². The van der Waals surface area contributed by atoms with Crippen molar-refractivity contribution in [1.82, 2.24) is 4.90 Å². The van der Waals surface area contributed by atoms with Gasteiger partial charge in [0.15, 0.2) is 5.78 Å². The number of carbonyl (C=O) groups excluding carboxylic acids is 1. The zero-order valence-corrected chi connectivity index (χ0v) is 14.5. The standard InChI is InChI=1S/C18H25NO3S/c1-3-8-18(2,19-9-12-22-13-10-19)17(21)15-4-6-16(7-5-15)23-14-11-20/h3-7,20H,1,8-14H2,2H3. The Morgan fingerprint density at radius 2 is 2.04 bits per heavy atom. The molecule has 1 fully saturated rings. The molecule has 0 spiro atoms. The van der Waals surface area contributed by atoms with Crippen molar-refractivity contribution >= 4 is 17.5 Å². The number of Topliss-reactive ketones (excluding diaryl/α,β-unsaturated/α-hetero) is 1. The average Bonchev–Trinajstić information content (AvgIpc) is 2.60. The second-order valence-electron chi connectivity index (χ2n) is 5.79. The molecule has 0 saturated carbocycles. The number of aliphatic hydroxyl groups is 1. The highest BCUT2D eigenvalue weighted by Gasteiger charge is 2.39. The van der Waals surface area contributed by atoms with E-state index in [2.05, 4.69) is 11.5 Å². The molecule has 1 atom stereocenters. The van der Waals surface area contributed by atoms with Crippen LogP contribution >= 0.6 is 11.8 Å². The lowest BCUT2D eigenvalue weighted by Gasteiger charge is -2.41. The Balaban J connectivity index is 2.17. The Hall–Kier alpha value is -1.14. The van der Waals surface area contributed by atoms with Gasteiger partial charge >= 0.3 is 0 Å². The van der Waals surface area contributed by atoms with E-state index in [4.69, 9.17) is 9.84 Å². The van der Waals surface area contributed by atoms with Gasteiger partial charge in [-0.1, -0.05) is 18.2 Å². The molecule has 5 heteroatoms. The molecule has 1 unspecified atom stereocenters. The molecule has 4 nitrogen and oxygen atoms in total. The van der Waals surface area contributed by atoms with Crippen molar-refractivity contribution in [2.45, 2.75) is 23.8 Å². The van der Waals surface area contributed by atoms with Crippen molar-refractivity contribution in [2.75, 3.05) is 38.7 Å². The highest BCUT2D eigenvalue weighted by atomic mass is 32.2. The number of hydrogen-bond donors (Lipinski definition) is 1. The maximum atomic E-state index is 13.1. The first-order valence-electron chi connectivity index (χ1n) is 7.94. The van der Waals surface area contributed by atoms with Gasteiger partial charge in [0.25, 0.3) is 0 Å². The van der Waals surface area contributed by atoms with E-state index in [0.717, 1.165) is 18.0 Å². The zero-order valence-electron chi connectivity index (χ0n) is 13.7. The Morgan fingerprint density at radius 3 is 2.61 bits per heavy atom. The molecule has 1 aliphatic heterocycles. The lowest BCUT2D eigenvalue weighted by molar-refractivity contribution is -0.00871. The molecule has 1 aromatic carbocycles. The number of carbonyl (C=O) groups is 1. The Kier molecular flexibility index (Phi) is 6.84. The van der Waals surface area contributed by atoms with Gasteiger partial charge in [-0.2, -0.15) is 0 Å². The van der Waals surface area contributed by atoms with Crippen LogP contribution in [-0.4, -0.2) is 60.0 Å². The first-order valence-corrected chi connectivity index (χ1v) is 8.92. The van der Waals surface area contributed by atoms with Crippen molar-refractivity contribution in [1.29, 1.82) is 0 Å². The number of benzene rings is 1. The summed E-state index contributed by atoms with van der Waals surface area (Å²) in [6, 6.07) is 7.65. The Labute approximate surface area is 142 Å². The SMILES string of the molecule is C=CCC(C)(C(=O)c1ccc(SCCO)cc1)N1CCOCC1. The minimum atomic E-state index is -0.578. The summed E-state index contributed by atoms with van der Waals surface area (Å²) in [4.78, 5) is 16.4. The lowest BCUT2D eigenvalue weighted by atomic mass is 9.86. The van der Waals surface area contributed by atoms with Crippen LogP contribution in [-0.2, 0) is 4.74 Å². The first-order chi connectivity index (χ1) is 11.1. The molecule has 0 aliphatic carbocycles. The Bertz CT molecular complexity index is 526. The molecule has 1 aliphatic rings. The third-order valence-corrected chi connectivity index (χ3v) is 5.21. The summed E-state index contributed by atoms with van der Waals surface area (Å²) >= 11 is 1.58. The van der Waals surface area contributed by atoms with Gasteiger partial charge in [0.2, 0.25) is 0 Å². The summed E-state index contributed by atoms with van der Waals surface area (Å²) in [6.07, 6.45) is 2.44. The maximum Gasteiger partial charge on any atom is 0.183 e. The van der Waals surface area contributed by atoms with Crippen LogP contribution in [0.3, 0.4) is 0 Å². The smallest absolute Gasteiger partial charge is 0.183 e. The summed E-state index contributed by atoms with van der Waals surface area (Å²) in [5.41, 5.74) is 0.139. The minimum Gasteiger partial charge on any atom is -0.396 e. The number of nitrogens with zero attached hydrogens (tertiary/aromatic N) is 1. The number of morpholine rings is 1. The number of rotatable bonds is 8. The van der Waals surface area contributed by atoms with Crippen molar-refractivity contribution in [3.63, 3.8) is 0 Å². The van der Waals surface area contributed by atoms with E-state index in [-0.39, 0.29) is 12.4 Å². The fraction of sp³-hybridized carbons (Fsp3) is 0.500. The van der Waals surface area contributed by atoms with Crippen LogP contribution in [0.2, 0.25) is 0 Å². The van der Waals surface area contributed by atoms with Gasteiger partial charge in [-0.25, -0.2) is 0 Å². The van der Waals surface area contributed by atoms with Crippen molar-refractivity contribution in [3.8, 4) is 0 Å². The van der Waals surface area contributed by atoms with Crippen LogP contribution in [0.25, 0.3) is 0 Å². The molecule has 126 valence electrons. The molecule has 2 rings (SSSR count). The number of aliphatic hydroxyl groups excluding tert-OH is 1. The van der Waals surface area contributed by atoms with E-state index in [9.17, 15) is 4.79 Å². The summed E-state index contributed by atoms with van der Waals surface area (Å²) < 4.78 is 5.41. The molecule has 0 aromatic heterocycles. The van der Waals surface area contributed by atoms with Crippen LogP contribution in [0, 0.1) is 0 Å². The molecule has 0 amide bonds. The predicted octanol–water partition coefficient (Wildman–Crippen LogP) is 2.62. The fourth-order valence-corrected chi connectivity index (χ4v) is 3.54. The third-order valence-electron chi connectivity index (χ3n) is 4.22. The summed E-state index contributed by atoms with van der Waals surface area (Å²) in [6.45, 7) is 8.83. The van der Waals surface area contributed by atoms with Gasteiger partial charge in [-0.15, -0.1) is 18.3 Å². The molecule has 23 heavy (non-hydrogen) atoms. The monoisotopic (exact) mass is 335 g/mol. The van der Waals surface area contributed by atoms with Crippen LogP contribution in [0.5, 0.6) is 0 Å².